The van der Waals surface area contributed by atoms with E-state index < -0.39 is 18.4 Å². The lowest BCUT2D eigenvalue weighted by Crippen LogP contribution is -2.62. The first-order valence-electron chi connectivity index (χ1n) is 11.0. The molecule has 174 valence electrons. The summed E-state index contributed by atoms with van der Waals surface area (Å²) in [6, 6.07) is 5.98. The van der Waals surface area contributed by atoms with Crippen molar-refractivity contribution in [1.29, 1.82) is 0 Å². The average Bonchev–Trinajstić information content (AvgIpc) is 3.36. The summed E-state index contributed by atoms with van der Waals surface area (Å²) in [6.07, 6.45) is 0.193. The van der Waals surface area contributed by atoms with Gasteiger partial charge in [0, 0.05) is 19.0 Å². The number of amides is 1. The Bertz CT molecular complexity index is 918. The van der Waals surface area contributed by atoms with E-state index in [1.807, 2.05) is 0 Å². The highest BCUT2D eigenvalue weighted by atomic mass is 19.1. The van der Waals surface area contributed by atoms with Gasteiger partial charge >= 0.3 is 6.09 Å². The minimum atomic E-state index is -1.16. The van der Waals surface area contributed by atoms with Crippen molar-refractivity contribution in [2.24, 2.45) is 11.1 Å². The van der Waals surface area contributed by atoms with Gasteiger partial charge < -0.3 is 10.5 Å². The van der Waals surface area contributed by atoms with Gasteiger partial charge in [-0.2, -0.15) is 4.80 Å². The Hall–Kier alpha value is -2.62. The number of tetrazole rings is 1. The Morgan fingerprint density at radius 2 is 1.84 bits per heavy atom. The molecule has 8 nitrogen and oxygen atoms in total. The van der Waals surface area contributed by atoms with Crippen LogP contribution >= 0.6 is 0 Å². The number of piperidine rings is 1. The van der Waals surface area contributed by atoms with Crippen molar-refractivity contribution >= 4 is 6.09 Å². The molecule has 2 aliphatic rings. The van der Waals surface area contributed by atoms with Gasteiger partial charge in [0.1, 0.15) is 18.1 Å². The molecule has 32 heavy (non-hydrogen) atoms. The van der Waals surface area contributed by atoms with E-state index in [0.717, 1.165) is 5.56 Å². The highest BCUT2D eigenvalue weighted by Gasteiger charge is 2.51. The fourth-order valence-electron chi connectivity index (χ4n) is 5.60. The first-order valence-corrected chi connectivity index (χ1v) is 11.0. The molecule has 0 spiro atoms. The molecule has 1 aliphatic carbocycles. The molecule has 0 bridgehead atoms. The molecule has 1 aromatic heterocycles. The number of rotatable bonds is 4. The molecule has 1 amide bonds. The summed E-state index contributed by atoms with van der Waals surface area (Å²) in [5.74, 6) is -0.166. The number of nitrogens with zero attached hydrogens (tertiary/aromatic N) is 5. The van der Waals surface area contributed by atoms with Gasteiger partial charge in [-0.15, -0.1) is 10.2 Å². The number of alkyl halides is 1. The lowest BCUT2D eigenvalue weighted by atomic mass is 9.77. The highest BCUT2D eigenvalue weighted by Crippen LogP contribution is 2.47. The van der Waals surface area contributed by atoms with Crippen molar-refractivity contribution in [2.45, 2.75) is 76.4 Å². The lowest BCUT2D eigenvalue weighted by Gasteiger charge is -2.51. The number of carbonyl (C=O) groups is 1. The van der Waals surface area contributed by atoms with Crippen molar-refractivity contribution in [3.63, 3.8) is 0 Å². The number of ether oxygens (including phenoxy) is 1. The first-order chi connectivity index (χ1) is 15.1. The van der Waals surface area contributed by atoms with Crippen molar-refractivity contribution in [3.05, 3.63) is 42.0 Å². The molecule has 1 aromatic carbocycles. The van der Waals surface area contributed by atoms with Gasteiger partial charge in [-0.1, -0.05) is 32.9 Å². The number of hydrogen-bond donors (Lipinski definition) is 1. The van der Waals surface area contributed by atoms with Crippen LogP contribution in [0.15, 0.2) is 30.6 Å². The molecule has 2 aromatic rings. The van der Waals surface area contributed by atoms with Gasteiger partial charge in [0.15, 0.2) is 6.33 Å². The highest BCUT2D eigenvalue weighted by molar-refractivity contribution is 5.64. The maximum atomic E-state index is 14.9. The minimum absolute atomic E-state index is 0.113. The van der Waals surface area contributed by atoms with Crippen LogP contribution in [0.4, 0.5) is 13.6 Å². The van der Waals surface area contributed by atoms with E-state index in [0.29, 0.717) is 12.8 Å². The Labute approximate surface area is 186 Å². The zero-order chi connectivity index (χ0) is 23.0. The van der Waals surface area contributed by atoms with Gasteiger partial charge in [0.25, 0.3) is 0 Å². The average molecular weight is 449 g/mol. The summed E-state index contributed by atoms with van der Waals surface area (Å²) in [7, 11) is 0. The Kier molecular flexibility index (Phi) is 6.15. The summed E-state index contributed by atoms with van der Waals surface area (Å²) >= 11 is 0. The van der Waals surface area contributed by atoms with Crippen molar-refractivity contribution in [1.82, 2.24) is 25.1 Å². The predicted octanol–water partition coefficient (Wildman–Crippen LogP) is 3.22. The largest absolute Gasteiger partial charge is 0.445 e. The van der Waals surface area contributed by atoms with Gasteiger partial charge in [0.2, 0.25) is 0 Å². The number of benzene rings is 1. The Morgan fingerprint density at radius 3 is 2.44 bits per heavy atom. The molecule has 6 atom stereocenters. The molecule has 10 heteroatoms. The zero-order valence-electron chi connectivity index (χ0n) is 18.6. The molecule has 4 unspecified atom stereocenters. The van der Waals surface area contributed by atoms with E-state index in [1.165, 1.54) is 18.5 Å². The number of hydrogen-bond acceptors (Lipinski definition) is 6. The number of carbonyl (C=O) groups excluding carboxylic acids is 1. The number of aromatic nitrogens is 4. The summed E-state index contributed by atoms with van der Waals surface area (Å²) in [4.78, 5) is 15.3. The summed E-state index contributed by atoms with van der Waals surface area (Å²) < 4.78 is 33.8. The quantitative estimate of drug-likeness (QED) is 0.771. The van der Waals surface area contributed by atoms with Crippen LogP contribution < -0.4 is 5.73 Å². The molecule has 1 saturated carbocycles. The molecule has 1 saturated heterocycles. The van der Waals surface area contributed by atoms with Gasteiger partial charge in [0.05, 0.1) is 12.1 Å². The normalized spacial score (nSPS) is 31.5. The maximum absolute atomic E-state index is 14.9. The number of primary amides is 1. The van der Waals surface area contributed by atoms with Crippen LogP contribution in [-0.2, 0) is 4.74 Å². The van der Waals surface area contributed by atoms with Crippen molar-refractivity contribution in [2.75, 3.05) is 6.54 Å². The van der Waals surface area contributed by atoms with Crippen LogP contribution in [0.2, 0.25) is 0 Å². The Morgan fingerprint density at radius 1 is 1.16 bits per heavy atom. The van der Waals surface area contributed by atoms with E-state index >= 15 is 0 Å². The number of nitrogens with two attached hydrogens (primary N) is 1. The molecule has 2 fully saturated rings. The molecular formula is C22H30F2N6O2. The molecule has 2 heterocycles. The van der Waals surface area contributed by atoms with Crippen LogP contribution in [0.5, 0.6) is 0 Å². The molecule has 0 radical (unpaired) electrons. The molecule has 4 rings (SSSR count). The number of halogens is 2. The van der Waals surface area contributed by atoms with Crippen LogP contribution in [0.25, 0.3) is 0 Å². The number of likely N-dealkylation sites (tertiary alicyclic amines) is 1. The lowest BCUT2D eigenvalue weighted by molar-refractivity contribution is -0.0927. The smallest absolute Gasteiger partial charge is 0.404 e. The fraction of sp³-hybridized carbons (Fsp3) is 0.636. The third-order valence-corrected chi connectivity index (χ3v) is 6.69. The Balaban J connectivity index is 1.70. The summed E-state index contributed by atoms with van der Waals surface area (Å²) in [6.45, 7) is 6.37. The van der Waals surface area contributed by atoms with E-state index in [9.17, 15) is 13.6 Å². The third-order valence-electron chi connectivity index (χ3n) is 6.69. The SMILES string of the molecule is CC(C)(C)C1[C@H](OC(N)=O)C[C@@H](F)CN1C1CC(c2ccc(F)cc2)CC1n1ncnn1. The molecular weight excluding hydrogens is 418 g/mol. The van der Waals surface area contributed by atoms with Crippen LogP contribution in [0.1, 0.15) is 57.6 Å². The zero-order valence-corrected chi connectivity index (χ0v) is 18.6. The van der Waals surface area contributed by atoms with Crippen LogP contribution in [0, 0.1) is 11.2 Å². The standard InChI is InChI=1S/C22H30F2N6O2/c1-22(2,3)20-19(32-21(25)31)10-16(24)11-29(20)17-8-14(13-4-6-15(23)7-5-13)9-18(17)30-27-12-26-28-30/h4-7,12,14,16-20H,8-11H2,1-3H3,(H2,25,31)/t14?,16-,17?,18?,19-,20?/m1/s1. The fourth-order valence-corrected chi connectivity index (χ4v) is 5.60. The topological polar surface area (TPSA) is 99.2 Å². The molecule has 2 N–H and O–H groups in total. The second-order valence-corrected chi connectivity index (χ2v) is 9.93. The second kappa shape index (κ2) is 8.73. The maximum Gasteiger partial charge on any atom is 0.404 e. The van der Waals surface area contributed by atoms with Crippen molar-refractivity contribution in [3.8, 4) is 0 Å². The third kappa shape index (κ3) is 4.60. The summed E-state index contributed by atoms with van der Waals surface area (Å²) in [5, 5.41) is 12.3. The van der Waals surface area contributed by atoms with E-state index in [4.69, 9.17) is 10.5 Å². The monoisotopic (exact) mass is 448 g/mol. The van der Waals surface area contributed by atoms with Crippen molar-refractivity contribution < 1.29 is 18.3 Å². The van der Waals surface area contributed by atoms with E-state index in [1.54, 1.807) is 16.9 Å². The first kappa shape index (κ1) is 22.6. The minimum Gasteiger partial charge on any atom is -0.445 e. The van der Waals surface area contributed by atoms with Gasteiger partial charge in [-0.05, 0) is 47.1 Å². The molecule has 1 aliphatic heterocycles. The van der Waals surface area contributed by atoms with Crippen LogP contribution in [-0.4, -0.2) is 62.1 Å². The van der Waals surface area contributed by atoms with Gasteiger partial charge in [-0.25, -0.2) is 13.6 Å². The van der Waals surface area contributed by atoms with E-state index in [2.05, 4.69) is 41.1 Å². The van der Waals surface area contributed by atoms with E-state index in [-0.39, 0.29) is 48.2 Å². The summed E-state index contributed by atoms with van der Waals surface area (Å²) in [5.41, 5.74) is 6.03. The van der Waals surface area contributed by atoms with Gasteiger partial charge in [-0.3, -0.25) is 4.90 Å². The predicted molar refractivity (Wildman–Crippen MR) is 113 cm³/mol. The second-order valence-electron chi connectivity index (χ2n) is 9.93. The van der Waals surface area contributed by atoms with Crippen LogP contribution in [0.3, 0.4) is 0 Å².